The van der Waals surface area contributed by atoms with Gasteiger partial charge in [-0.25, -0.2) is 4.98 Å². The molecule has 1 amide bonds. The van der Waals surface area contributed by atoms with Crippen LogP contribution in [0.5, 0.6) is 0 Å². The van der Waals surface area contributed by atoms with Gasteiger partial charge in [-0.15, -0.1) is 0 Å². The number of amides is 1. The van der Waals surface area contributed by atoms with Gasteiger partial charge in [0, 0.05) is 26.7 Å². The van der Waals surface area contributed by atoms with Gasteiger partial charge in [-0.05, 0) is 6.54 Å². The zero-order valence-electron chi connectivity index (χ0n) is 11.9. The average molecular weight is 279 g/mol. The molecule has 2 rings (SSSR count). The van der Waals surface area contributed by atoms with Gasteiger partial charge in [0.05, 0.1) is 25.1 Å². The van der Waals surface area contributed by atoms with E-state index in [1.54, 1.807) is 13.2 Å². The fourth-order valence-corrected chi connectivity index (χ4v) is 2.08. The van der Waals surface area contributed by atoms with Gasteiger partial charge in [-0.2, -0.15) is 0 Å². The molecule has 7 heteroatoms. The molecule has 2 heterocycles. The molecule has 2 N–H and O–H groups in total. The number of nitrogens with zero attached hydrogens (tertiary/aromatic N) is 3. The van der Waals surface area contributed by atoms with Crippen molar-refractivity contribution in [3.8, 4) is 0 Å². The van der Waals surface area contributed by atoms with E-state index >= 15 is 0 Å². The monoisotopic (exact) mass is 279 g/mol. The second-order valence-corrected chi connectivity index (χ2v) is 4.64. The molecule has 1 atom stereocenters. The van der Waals surface area contributed by atoms with Gasteiger partial charge in [0.1, 0.15) is 11.5 Å². The fourth-order valence-electron chi connectivity index (χ4n) is 2.08. The lowest BCUT2D eigenvalue weighted by atomic mass is 10.2. The Labute approximate surface area is 118 Å². The number of anilines is 1. The van der Waals surface area contributed by atoms with E-state index in [4.69, 9.17) is 4.74 Å². The number of carbonyl (C=O) groups excluding carboxylic acids is 1. The normalized spacial score (nSPS) is 19.6. The van der Waals surface area contributed by atoms with Gasteiger partial charge >= 0.3 is 0 Å². The summed E-state index contributed by atoms with van der Waals surface area (Å²) in [5, 5.41) is 5.70. The van der Waals surface area contributed by atoms with Crippen molar-refractivity contribution < 1.29 is 9.53 Å². The molecule has 0 radical (unpaired) electrons. The first-order valence-corrected chi connectivity index (χ1v) is 6.85. The summed E-state index contributed by atoms with van der Waals surface area (Å²) >= 11 is 0. The number of aromatic nitrogens is 2. The molecular weight excluding hydrogens is 258 g/mol. The van der Waals surface area contributed by atoms with E-state index < -0.39 is 0 Å². The highest BCUT2D eigenvalue weighted by atomic mass is 16.5. The van der Waals surface area contributed by atoms with E-state index in [0.29, 0.717) is 24.7 Å². The highest BCUT2D eigenvalue weighted by Gasteiger charge is 2.20. The molecule has 0 aliphatic carbocycles. The maximum Gasteiger partial charge on any atom is 0.271 e. The summed E-state index contributed by atoms with van der Waals surface area (Å²) in [5.74, 6) is 0.343. The summed E-state index contributed by atoms with van der Waals surface area (Å²) in [4.78, 5) is 22.4. The molecule has 7 nitrogen and oxygen atoms in total. The topological polar surface area (TPSA) is 79.4 Å². The van der Waals surface area contributed by atoms with Crippen LogP contribution in [-0.2, 0) is 4.74 Å². The van der Waals surface area contributed by atoms with Gasteiger partial charge in [0.2, 0.25) is 0 Å². The minimum absolute atomic E-state index is 0.0353. The predicted octanol–water partition coefficient (Wildman–Crippen LogP) is -0.0312. The number of likely N-dealkylation sites (N-methyl/N-ethyl adjacent to an activating group) is 1. The first-order valence-electron chi connectivity index (χ1n) is 6.85. The van der Waals surface area contributed by atoms with E-state index in [2.05, 4.69) is 32.4 Å². The Morgan fingerprint density at radius 1 is 1.55 bits per heavy atom. The summed E-state index contributed by atoms with van der Waals surface area (Å²) in [6, 6.07) is 0. The van der Waals surface area contributed by atoms with Crippen LogP contribution >= 0.6 is 0 Å². The van der Waals surface area contributed by atoms with E-state index in [1.807, 2.05) is 0 Å². The smallest absolute Gasteiger partial charge is 0.271 e. The summed E-state index contributed by atoms with van der Waals surface area (Å²) in [7, 11) is 1.74. The van der Waals surface area contributed by atoms with Crippen LogP contribution in [0.15, 0.2) is 12.4 Å². The molecule has 0 aromatic carbocycles. The molecule has 0 bridgehead atoms. The zero-order valence-corrected chi connectivity index (χ0v) is 11.9. The molecule has 0 saturated carbocycles. The quantitative estimate of drug-likeness (QED) is 0.788. The fraction of sp³-hybridized carbons (Fsp3) is 0.615. The van der Waals surface area contributed by atoms with Crippen LogP contribution in [0.3, 0.4) is 0 Å². The molecule has 20 heavy (non-hydrogen) atoms. The van der Waals surface area contributed by atoms with Crippen molar-refractivity contribution in [2.45, 2.75) is 13.0 Å². The number of hydrogen-bond donors (Lipinski definition) is 2. The Morgan fingerprint density at radius 3 is 3.15 bits per heavy atom. The third kappa shape index (κ3) is 3.88. The lowest BCUT2D eigenvalue weighted by molar-refractivity contribution is -0.0246. The molecule has 1 aromatic rings. The Balaban J connectivity index is 1.85. The molecule has 1 aliphatic heterocycles. The molecule has 0 spiro atoms. The Hall–Kier alpha value is -1.73. The van der Waals surface area contributed by atoms with Crippen LogP contribution in [0.2, 0.25) is 0 Å². The second kappa shape index (κ2) is 7.16. The summed E-state index contributed by atoms with van der Waals surface area (Å²) < 4.78 is 5.64. The highest BCUT2D eigenvalue weighted by Crippen LogP contribution is 2.05. The van der Waals surface area contributed by atoms with Crippen LogP contribution < -0.4 is 10.6 Å². The zero-order chi connectivity index (χ0) is 14.4. The number of nitrogens with one attached hydrogen (secondary N) is 2. The van der Waals surface area contributed by atoms with Crippen molar-refractivity contribution >= 4 is 11.7 Å². The molecule has 1 aliphatic rings. The van der Waals surface area contributed by atoms with Crippen LogP contribution in [0, 0.1) is 0 Å². The van der Waals surface area contributed by atoms with E-state index in [9.17, 15) is 4.79 Å². The number of carbonyl (C=O) groups is 1. The number of morpholine rings is 1. The van der Waals surface area contributed by atoms with Gasteiger partial charge in [0.25, 0.3) is 5.91 Å². The predicted molar refractivity (Wildman–Crippen MR) is 75.8 cm³/mol. The molecule has 1 unspecified atom stereocenters. The number of rotatable bonds is 5. The van der Waals surface area contributed by atoms with E-state index in [1.165, 1.54) is 6.20 Å². The van der Waals surface area contributed by atoms with Crippen LogP contribution in [-0.4, -0.2) is 66.7 Å². The first-order chi connectivity index (χ1) is 9.72. The third-order valence-electron chi connectivity index (χ3n) is 3.28. The summed E-state index contributed by atoms with van der Waals surface area (Å²) in [6.45, 7) is 6.13. The number of hydrogen-bond acceptors (Lipinski definition) is 6. The second-order valence-electron chi connectivity index (χ2n) is 4.64. The Kier molecular flexibility index (Phi) is 5.25. The lowest BCUT2D eigenvalue weighted by Gasteiger charge is -2.32. The Bertz CT molecular complexity index is 454. The van der Waals surface area contributed by atoms with Crippen molar-refractivity contribution in [1.29, 1.82) is 0 Å². The third-order valence-corrected chi connectivity index (χ3v) is 3.28. The minimum atomic E-state index is -0.230. The first kappa shape index (κ1) is 14.7. The van der Waals surface area contributed by atoms with Crippen molar-refractivity contribution in [1.82, 2.24) is 20.2 Å². The molecule has 1 saturated heterocycles. The standard InChI is InChI=1S/C13H21N5O2/c1-3-18-4-5-20-10(9-18)6-16-13(19)11-7-15-8-12(14-2)17-11/h7-8,10H,3-6,9H2,1-2H3,(H,14,17)(H,16,19). The Morgan fingerprint density at radius 2 is 2.40 bits per heavy atom. The lowest BCUT2D eigenvalue weighted by Crippen LogP contribution is -2.47. The van der Waals surface area contributed by atoms with Crippen LogP contribution in [0.25, 0.3) is 0 Å². The molecule has 110 valence electrons. The van der Waals surface area contributed by atoms with Gasteiger partial charge in [-0.1, -0.05) is 6.92 Å². The van der Waals surface area contributed by atoms with Gasteiger partial charge in [0.15, 0.2) is 0 Å². The highest BCUT2D eigenvalue weighted by molar-refractivity contribution is 5.92. The van der Waals surface area contributed by atoms with Crippen molar-refractivity contribution in [2.24, 2.45) is 0 Å². The largest absolute Gasteiger partial charge is 0.374 e. The van der Waals surface area contributed by atoms with Crippen molar-refractivity contribution in [3.05, 3.63) is 18.1 Å². The maximum absolute atomic E-state index is 12.0. The van der Waals surface area contributed by atoms with Crippen LogP contribution in [0.1, 0.15) is 17.4 Å². The maximum atomic E-state index is 12.0. The minimum Gasteiger partial charge on any atom is -0.374 e. The molecule has 1 aromatic heterocycles. The molecule has 1 fully saturated rings. The summed E-state index contributed by atoms with van der Waals surface area (Å²) in [5.41, 5.74) is 0.306. The van der Waals surface area contributed by atoms with Gasteiger partial charge < -0.3 is 15.4 Å². The average Bonchev–Trinajstić information content (AvgIpc) is 2.52. The van der Waals surface area contributed by atoms with Gasteiger partial charge in [-0.3, -0.25) is 14.7 Å². The van der Waals surface area contributed by atoms with Crippen molar-refractivity contribution in [2.75, 3.05) is 45.2 Å². The molecular formula is C13H21N5O2. The SMILES string of the molecule is CCN1CCOC(CNC(=O)c2cncc(NC)n2)C1. The van der Waals surface area contributed by atoms with Crippen molar-refractivity contribution in [3.63, 3.8) is 0 Å². The summed E-state index contributed by atoms with van der Waals surface area (Å²) in [6.07, 6.45) is 3.06. The number of ether oxygens (including phenoxy) is 1. The van der Waals surface area contributed by atoms with E-state index in [-0.39, 0.29) is 12.0 Å². The van der Waals surface area contributed by atoms with Crippen LogP contribution in [0.4, 0.5) is 5.82 Å². The van der Waals surface area contributed by atoms with E-state index in [0.717, 1.165) is 19.6 Å².